The molecule has 0 spiro atoms. The monoisotopic (exact) mass is 379 g/mol. The second-order valence-corrected chi connectivity index (χ2v) is 9.55. The van der Waals surface area contributed by atoms with Crippen LogP contribution >= 0.6 is 0 Å². The quantitative estimate of drug-likeness (QED) is 0.190. The van der Waals surface area contributed by atoms with Crippen molar-refractivity contribution < 1.29 is 27.3 Å². The van der Waals surface area contributed by atoms with Crippen LogP contribution in [0.25, 0.3) is 0 Å². The first-order chi connectivity index (χ1) is 11.8. The third-order valence-corrected chi connectivity index (χ3v) is 6.61. The van der Waals surface area contributed by atoms with Crippen molar-refractivity contribution in [3.05, 3.63) is 0 Å². The van der Waals surface area contributed by atoms with Crippen molar-refractivity contribution in [3.8, 4) is 0 Å². The van der Waals surface area contributed by atoms with E-state index in [4.69, 9.17) is 18.0 Å². The third kappa shape index (κ3) is 13.4. The molecule has 0 saturated carbocycles. The van der Waals surface area contributed by atoms with Gasteiger partial charge in [-0.3, -0.25) is 4.79 Å². The second kappa shape index (κ2) is 13.7. The SMILES string of the molecule is CCO[Si](CCCNCCC(=O)OCC[N+](C)(C)C)(OCC)OCC. The number of likely N-dealkylation sites (N-methyl/N-ethyl adjacent to an activating group) is 1. The molecule has 0 atom stereocenters. The van der Waals surface area contributed by atoms with Gasteiger partial charge in [-0.25, -0.2) is 0 Å². The van der Waals surface area contributed by atoms with Crippen molar-refractivity contribution in [2.45, 2.75) is 39.7 Å². The maximum atomic E-state index is 11.7. The normalized spacial score (nSPS) is 12.4. The number of esters is 1. The van der Waals surface area contributed by atoms with Crippen LogP contribution < -0.4 is 5.32 Å². The lowest BCUT2D eigenvalue weighted by molar-refractivity contribution is -0.870. The molecule has 0 unspecified atom stereocenters. The molecule has 1 N–H and O–H groups in total. The number of rotatable bonds is 16. The van der Waals surface area contributed by atoms with Crippen LogP contribution in [0.3, 0.4) is 0 Å². The summed E-state index contributed by atoms with van der Waals surface area (Å²) in [6.45, 7) is 10.4. The van der Waals surface area contributed by atoms with Crippen LogP contribution in [0.2, 0.25) is 6.04 Å². The zero-order valence-corrected chi connectivity index (χ0v) is 18.1. The van der Waals surface area contributed by atoms with Crippen LogP contribution in [-0.4, -0.2) is 86.5 Å². The standard InChI is InChI=1S/C17H39N2O5Si/c1-7-22-25(23-8-2,24-9-3)16-10-12-18-13-11-17(20)21-15-14-19(4,5)6/h18H,7-16H2,1-6H3/q+1. The molecule has 7 nitrogen and oxygen atoms in total. The fourth-order valence-corrected chi connectivity index (χ4v) is 4.86. The van der Waals surface area contributed by atoms with Gasteiger partial charge in [-0.2, -0.15) is 0 Å². The Morgan fingerprint density at radius 2 is 1.52 bits per heavy atom. The van der Waals surface area contributed by atoms with E-state index in [9.17, 15) is 4.79 Å². The number of hydrogen-bond donors (Lipinski definition) is 1. The zero-order chi connectivity index (χ0) is 19.2. The number of quaternary nitrogens is 1. The van der Waals surface area contributed by atoms with Gasteiger partial charge in [0.2, 0.25) is 0 Å². The average molecular weight is 380 g/mol. The molecule has 0 amide bonds. The van der Waals surface area contributed by atoms with E-state index in [1.165, 1.54) is 0 Å². The Hall–Kier alpha value is -0.513. The lowest BCUT2D eigenvalue weighted by Gasteiger charge is -2.28. The molecular formula is C17H39N2O5Si+. The van der Waals surface area contributed by atoms with Crippen molar-refractivity contribution in [1.82, 2.24) is 5.32 Å². The van der Waals surface area contributed by atoms with Crippen LogP contribution in [-0.2, 0) is 22.8 Å². The molecule has 0 aromatic rings. The molecular weight excluding hydrogens is 340 g/mol. The van der Waals surface area contributed by atoms with E-state index in [1.807, 2.05) is 20.8 Å². The van der Waals surface area contributed by atoms with E-state index >= 15 is 0 Å². The number of nitrogens with zero attached hydrogens (tertiary/aromatic N) is 1. The maximum absolute atomic E-state index is 11.7. The Morgan fingerprint density at radius 3 is 2.00 bits per heavy atom. The van der Waals surface area contributed by atoms with Gasteiger partial charge < -0.3 is 27.8 Å². The van der Waals surface area contributed by atoms with Crippen molar-refractivity contribution in [1.29, 1.82) is 0 Å². The molecule has 0 radical (unpaired) electrons. The summed E-state index contributed by atoms with van der Waals surface area (Å²) in [5.74, 6) is -0.150. The molecule has 0 aromatic heterocycles. The fourth-order valence-electron chi connectivity index (χ4n) is 2.25. The largest absolute Gasteiger partial charge is 0.500 e. The van der Waals surface area contributed by atoms with E-state index in [0.717, 1.165) is 30.0 Å². The molecule has 0 saturated heterocycles. The molecule has 0 aromatic carbocycles. The summed E-state index contributed by atoms with van der Waals surface area (Å²) in [5, 5.41) is 3.27. The Labute approximate surface area is 154 Å². The van der Waals surface area contributed by atoms with Crippen molar-refractivity contribution >= 4 is 14.8 Å². The summed E-state index contributed by atoms with van der Waals surface area (Å²) in [5.41, 5.74) is 0. The molecule has 0 aliphatic rings. The predicted molar refractivity (Wildman–Crippen MR) is 101 cm³/mol. The van der Waals surface area contributed by atoms with Gasteiger partial charge in [-0.15, -0.1) is 0 Å². The van der Waals surface area contributed by atoms with E-state index in [1.54, 1.807) is 0 Å². The summed E-state index contributed by atoms with van der Waals surface area (Å²) in [4.78, 5) is 11.7. The van der Waals surface area contributed by atoms with E-state index in [-0.39, 0.29) is 5.97 Å². The third-order valence-electron chi connectivity index (χ3n) is 3.46. The highest BCUT2D eigenvalue weighted by molar-refractivity contribution is 6.60. The van der Waals surface area contributed by atoms with Gasteiger partial charge in [-0.1, -0.05) is 0 Å². The zero-order valence-electron chi connectivity index (χ0n) is 17.1. The summed E-state index contributed by atoms with van der Waals surface area (Å²) in [7, 11) is 3.68. The predicted octanol–water partition coefficient (Wildman–Crippen LogP) is 1.65. The minimum atomic E-state index is -2.55. The van der Waals surface area contributed by atoms with Gasteiger partial charge in [0.15, 0.2) is 0 Å². The van der Waals surface area contributed by atoms with Crippen molar-refractivity contribution in [3.63, 3.8) is 0 Å². The maximum Gasteiger partial charge on any atom is 0.500 e. The minimum Gasteiger partial charge on any atom is -0.460 e. The molecule has 0 rings (SSSR count). The van der Waals surface area contributed by atoms with E-state index in [2.05, 4.69) is 26.5 Å². The van der Waals surface area contributed by atoms with E-state index < -0.39 is 8.80 Å². The molecule has 0 aliphatic heterocycles. The fraction of sp³-hybridized carbons (Fsp3) is 0.941. The van der Waals surface area contributed by atoms with Crippen LogP contribution in [0.4, 0.5) is 0 Å². The van der Waals surface area contributed by atoms with Gasteiger partial charge in [0.1, 0.15) is 13.2 Å². The second-order valence-electron chi connectivity index (χ2n) is 6.82. The summed E-state index contributed by atoms with van der Waals surface area (Å²) in [6, 6.07) is 0.781. The van der Waals surface area contributed by atoms with Crippen molar-refractivity contribution in [2.75, 3.05) is 67.2 Å². The molecule has 0 aliphatic carbocycles. The Kier molecular flexibility index (Phi) is 13.4. The molecule has 0 fully saturated rings. The summed E-state index contributed by atoms with van der Waals surface area (Å²) >= 11 is 0. The number of hydrogen-bond acceptors (Lipinski definition) is 6. The highest BCUT2D eigenvalue weighted by atomic mass is 28.4. The lowest BCUT2D eigenvalue weighted by atomic mass is 10.4. The Balaban J connectivity index is 3.89. The van der Waals surface area contributed by atoms with Crippen LogP contribution in [0, 0.1) is 0 Å². The molecule has 8 heteroatoms. The van der Waals surface area contributed by atoms with Crippen LogP contribution in [0.1, 0.15) is 33.6 Å². The average Bonchev–Trinajstić information content (AvgIpc) is 2.50. The van der Waals surface area contributed by atoms with Gasteiger partial charge in [0.25, 0.3) is 0 Å². The first-order valence-corrected chi connectivity index (χ1v) is 11.3. The topological polar surface area (TPSA) is 66.0 Å². The van der Waals surface area contributed by atoms with Crippen LogP contribution in [0.5, 0.6) is 0 Å². The highest BCUT2D eigenvalue weighted by Gasteiger charge is 2.39. The molecule has 0 bridgehead atoms. The Morgan fingerprint density at radius 1 is 0.960 bits per heavy atom. The molecule has 25 heavy (non-hydrogen) atoms. The van der Waals surface area contributed by atoms with Crippen molar-refractivity contribution in [2.24, 2.45) is 0 Å². The number of carbonyl (C=O) groups is 1. The molecule has 150 valence electrons. The van der Waals surface area contributed by atoms with E-state index in [0.29, 0.717) is 39.4 Å². The Bertz CT molecular complexity index is 333. The number of nitrogens with one attached hydrogen (secondary N) is 1. The van der Waals surface area contributed by atoms with Gasteiger partial charge in [-0.05, 0) is 33.7 Å². The summed E-state index contributed by atoms with van der Waals surface area (Å²) < 4.78 is 23.5. The van der Waals surface area contributed by atoms with Gasteiger partial charge in [0.05, 0.1) is 27.6 Å². The summed E-state index contributed by atoms with van der Waals surface area (Å²) in [6.07, 6.45) is 1.28. The smallest absolute Gasteiger partial charge is 0.460 e. The highest BCUT2D eigenvalue weighted by Crippen LogP contribution is 2.17. The number of carbonyl (C=O) groups excluding carboxylic acids is 1. The van der Waals surface area contributed by atoms with Crippen LogP contribution in [0.15, 0.2) is 0 Å². The number of ether oxygens (including phenoxy) is 1. The molecule has 0 heterocycles. The first-order valence-electron chi connectivity index (χ1n) is 9.37. The van der Waals surface area contributed by atoms with Gasteiger partial charge in [0, 0.05) is 32.4 Å². The lowest BCUT2D eigenvalue weighted by Crippen LogP contribution is -2.46. The first kappa shape index (κ1) is 24.5. The van der Waals surface area contributed by atoms with Gasteiger partial charge >= 0.3 is 14.8 Å². The minimum absolute atomic E-state index is 0.150.